The molecule has 0 bridgehead atoms. The van der Waals surface area contributed by atoms with E-state index in [2.05, 4.69) is 15.9 Å². The number of nitrogens with zero attached hydrogens (tertiary/aromatic N) is 1. The summed E-state index contributed by atoms with van der Waals surface area (Å²) < 4.78 is 0.804. The van der Waals surface area contributed by atoms with Gasteiger partial charge in [0.2, 0.25) is 0 Å². The molecule has 0 aliphatic rings. The number of benzene rings is 2. The summed E-state index contributed by atoms with van der Waals surface area (Å²) >= 11 is 15.3. The van der Waals surface area contributed by atoms with E-state index in [1.807, 2.05) is 0 Å². The summed E-state index contributed by atoms with van der Waals surface area (Å²) in [7, 11) is 1.70. The standard InChI is InChI=1S/C15H13BrCl2N2O/c1-20(8-9-2-4-11(17)7-13(9)18)15(21)12-6-10(16)3-5-14(12)19/h2-7H,8,19H2,1H3. The van der Waals surface area contributed by atoms with Gasteiger partial charge >= 0.3 is 0 Å². The quantitative estimate of drug-likeness (QED) is 0.781. The Balaban J connectivity index is 2.21. The first-order valence-corrected chi connectivity index (χ1v) is 7.68. The predicted molar refractivity (Wildman–Crippen MR) is 90.8 cm³/mol. The number of hydrogen-bond donors (Lipinski definition) is 1. The molecule has 2 aromatic rings. The van der Waals surface area contributed by atoms with Gasteiger partial charge in [0.1, 0.15) is 0 Å². The van der Waals surface area contributed by atoms with Crippen LogP contribution in [0.2, 0.25) is 10.0 Å². The van der Waals surface area contributed by atoms with E-state index < -0.39 is 0 Å². The first kappa shape index (κ1) is 16.1. The molecule has 0 unspecified atom stereocenters. The lowest BCUT2D eigenvalue weighted by Crippen LogP contribution is -2.27. The molecule has 1 amide bonds. The molecule has 0 spiro atoms. The van der Waals surface area contributed by atoms with Crippen molar-refractivity contribution >= 4 is 50.7 Å². The first-order chi connectivity index (χ1) is 9.88. The molecule has 0 aromatic heterocycles. The molecule has 2 N–H and O–H groups in total. The van der Waals surface area contributed by atoms with Crippen molar-refractivity contribution < 1.29 is 4.79 Å². The molecule has 0 aliphatic carbocycles. The highest BCUT2D eigenvalue weighted by atomic mass is 79.9. The summed E-state index contributed by atoms with van der Waals surface area (Å²) in [5.74, 6) is -0.167. The number of nitrogens with two attached hydrogens (primary N) is 1. The molecule has 0 saturated heterocycles. The van der Waals surface area contributed by atoms with Gasteiger partial charge in [-0.25, -0.2) is 0 Å². The van der Waals surface area contributed by atoms with Crippen molar-refractivity contribution in [3.8, 4) is 0 Å². The van der Waals surface area contributed by atoms with Crippen molar-refractivity contribution in [3.05, 3.63) is 62.0 Å². The van der Waals surface area contributed by atoms with E-state index >= 15 is 0 Å². The lowest BCUT2D eigenvalue weighted by atomic mass is 10.1. The number of carbonyl (C=O) groups is 1. The molecule has 0 atom stereocenters. The van der Waals surface area contributed by atoms with Crippen LogP contribution in [0, 0.1) is 0 Å². The molecular weight excluding hydrogens is 375 g/mol. The van der Waals surface area contributed by atoms with Gasteiger partial charge in [0.15, 0.2) is 0 Å². The maximum atomic E-state index is 12.5. The number of nitrogen functional groups attached to an aromatic ring is 1. The van der Waals surface area contributed by atoms with Crippen molar-refractivity contribution in [2.45, 2.75) is 6.54 Å². The smallest absolute Gasteiger partial charge is 0.256 e. The van der Waals surface area contributed by atoms with E-state index in [1.165, 1.54) is 0 Å². The zero-order valence-corrected chi connectivity index (χ0v) is 14.3. The van der Waals surface area contributed by atoms with Crippen LogP contribution >= 0.6 is 39.1 Å². The average molecular weight is 388 g/mol. The predicted octanol–water partition coefficient (Wildman–Crippen LogP) is 4.61. The van der Waals surface area contributed by atoms with Gasteiger partial charge in [-0.3, -0.25) is 4.79 Å². The van der Waals surface area contributed by atoms with Crippen LogP contribution in [-0.2, 0) is 6.54 Å². The maximum Gasteiger partial charge on any atom is 0.256 e. The second kappa shape index (κ2) is 6.69. The van der Waals surface area contributed by atoms with Crippen molar-refractivity contribution in [3.63, 3.8) is 0 Å². The minimum atomic E-state index is -0.167. The van der Waals surface area contributed by atoms with Gasteiger partial charge in [-0.15, -0.1) is 0 Å². The van der Waals surface area contributed by atoms with Crippen LogP contribution < -0.4 is 5.73 Å². The van der Waals surface area contributed by atoms with Gasteiger partial charge in [-0.2, -0.15) is 0 Å². The molecule has 0 aliphatic heterocycles. The molecule has 0 saturated carbocycles. The normalized spacial score (nSPS) is 10.5. The Labute approximate surface area is 141 Å². The van der Waals surface area contributed by atoms with Crippen molar-refractivity contribution in [1.29, 1.82) is 0 Å². The van der Waals surface area contributed by atoms with E-state index in [-0.39, 0.29) is 5.91 Å². The summed E-state index contributed by atoms with van der Waals surface area (Å²) in [5, 5.41) is 1.10. The lowest BCUT2D eigenvalue weighted by Gasteiger charge is -2.19. The second-order valence-corrected chi connectivity index (χ2v) is 6.39. The van der Waals surface area contributed by atoms with E-state index in [0.717, 1.165) is 10.0 Å². The Hall–Kier alpha value is -1.23. The zero-order valence-electron chi connectivity index (χ0n) is 11.2. The van der Waals surface area contributed by atoms with E-state index in [9.17, 15) is 4.79 Å². The zero-order chi connectivity index (χ0) is 15.6. The van der Waals surface area contributed by atoms with Crippen LogP contribution in [0.5, 0.6) is 0 Å². The van der Waals surface area contributed by atoms with Crippen LogP contribution in [0.15, 0.2) is 40.9 Å². The van der Waals surface area contributed by atoms with Crippen molar-refractivity contribution in [2.75, 3.05) is 12.8 Å². The molecule has 0 heterocycles. The van der Waals surface area contributed by atoms with Crippen LogP contribution in [0.4, 0.5) is 5.69 Å². The van der Waals surface area contributed by atoms with Gasteiger partial charge in [0.25, 0.3) is 5.91 Å². The fourth-order valence-electron chi connectivity index (χ4n) is 1.90. The Morgan fingerprint density at radius 3 is 2.62 bits per heavy atom. The van der Waals surface area contributed by atoms with Gasteiger partial charge < -0.3 is 10.6 Å². The molecule has 2 aromatic carbocycles. The Morgan fingerprint density at radius 1 is 1.24 bits per heavy atom. The van der Waals surface area contributed by atoms with Crippen LogP contribution in [-0.4, -0.2) is 17.9 Å². The highest BCUT2D eigenvalue weighted by molar-refractivity contribution is 9.10. The Morgan fingerprint density at radius 2 is 1.95 bits per heavy atom. The molecule has 2 rings (SSSR count). The van der Waals surface area contributed by atoms with Gasteiger partial charge in [-0.05, 0) is 35.9 Å². The summed E-state index contributed by atoms with van der Waals surface area (Å²) in [6.45, 7) is 0.376. The Kier molecular flexibility index (Phi) is 5.14. The van der Waals surface area contributed by atoms with E-state index in [4.69, 9.17) is 28.9 Å². The molecule has 21 heavy (non-hydrogen) atoms. The number of hydrogen-bond acceptors (Lipinski definition) is 2. The molecule has 3 nitrogen and oxygen atoms in total. The van der Waals surface area contributed by atoms with E-state index in [0.29, 0.717) is 27.8 Å². The highest BCUT2D eigenvalue weighted by Gasteiger charge is 2.16. The molecule has 110 valence electrons. The summed E-state index contributed by atoms with van der Waals surface area (Å²) in [4.78, 5) is 14.0. The van der Waals surface area contributed by atoms with Gasteiger partial charge in [0, 0.05) is 33.8 Å². The minimum Gasteiger partial charge on any atom is -0.398 e. The fraction of sp³-hybridized carbons (Fsp3) is 0.133. The molecular formula is C15H13BrCl2N2O. The van der Waals surface area contributed by atoms with Crippen LogP contribution in [0.3, 0.4) is 0 Å². The third-order valence-electron chi connectivity index (χ3n) is 3.02. The summed E-state index contributed by atoms with van der Waals surface area (Å²) in [6.07, 6.45) is 0. The maximum absolute atomic E-state index is 12.5. The third-order valence-corrected chi connectivity index (χ3v) is 4.10. The number of carbonyl (C=O) groups excluding carboxylic acids is 1. The molecule has 6 heteroatoms. The number of rotatable bonds is 3. The Bertz CT molecular complexity index is 691. The van der Waals surface area contributed by atoms with Crippen molar-refractivity contribution in [2.24, 2.45) is 0 Å². The number of halogens is 3. The molecule has 0 radical (unpaired) electrons. The number of amides is 1. The van der Waals surface area contributed by atoms with Crippen LogP contribution in [0.1, 0.15) is 15.9 Å². The second-order valence-electron chi connectivity index (χ2n) is 4.63. The monoisotopic (exact) mass is 386 g/mol. The lowest BCUT2D eigenvalue weighted by molar-refractivity contribution is 0.0786. The first-order valence-electron chi connectivity index (χ1n) is 6.13. The van der Waals surface area contributed by atoms with E-state index in [1.54, 1.807) is 48.3 Å². The van der Waals surface area contributed by atoms with Crippen molar-refractivity contribution in [1.82, 2.24) is 4.90 Å². The summed E-state index contributed by atoms with van der Waals surface area (Å²) in [5.41, 5.74) is 7.58. The summed E-state index contributed by atoms with van der Waals surface area (Å²) in [6, 6.07) is 10.4. The average Bonchev–Trinajstić information content (AvgIpc) is 2.43. The van der Waals surface area contributed by atoms with Gasteiger partial charge in [-0.1, -0.05) is 45.2 Å². The largest absolute Gasteiger partial charge is 0.398 e. The van der Waals surface area contributed by atoms with Gasteiger partial charge in [0.05, 0.1) is 5.56 Å². The number of anilines is 1. The molecule has 0 fully saturated rings. The SMILES string of the molecule is CN(Cc1ccc(Cl)cc1Cl)C(=O)c1cc(Br)ccc1N. The minimum absolute atomic E-state index is 0.167. The topological polar surface area (TPSA) is 46.3 Å². The highest BCUT2D eigenvalue weighted by Crippen LogP contribution is 2.24. The fourth-order valence-corrected chi connectivity index (χ4v) is 2.73. The third kappa shape index (κ3) is 3.90. The van der Waals surface area contributed by atoms with Crippen LogP contribution in [0.25, 0.3) is 0 Å².